The van der Waals surface area contributed by atoms with Crippen LogP contribution in [0, 0.1) is 22.7 Å². The van der Waals surface area contributed by atoms with E-state index in [1.165, 1.54) is 11.6 Å². The van der Waals surface area contributed by atoms with E-state index in [2.05, 4.69) is 21.2 Å². The number of nitriles is 2. The quantitative estimate of drug-likeness (QED) is 0.685. The van der Waals surface area contributed by atoms with Crippen LogP contribution in [0.3, 0.4) is 0 Å². The van der Waals surface area contributed by atoms with Gasteiger partial charge in [-0.15, -0.1) is 0 Å². The van der Waals surface area contributed by atoms with E-state index in [0.717, 1.165) is 0 Å². The van der Waals surface area contributed by atoms with E-state index in [1.54, 1.807) is 30.3 Å². The summed E-state index contributed by atoms with van der Waals surface area (Å²) in [5.74, 6) is 0.567. The number of hydrogen-bond acceptors (Lipinski definition) is 7. The molecule has 2 heterocycles. The molecule has 1 aromatic carbocycles. The van der Waals surface area contributed by atoms with Crippen LogP contribution in [-0.2, 0) is 0 Å². The highest BCUT2D eigenvalue weighted by Crippen LogP contribution is 2.23. The Morgan fingerprint density at radius 2 is 1.91 bits per heavy atom. The van der Waals surface area contributed by atoms with E-state index in [9.17, 15) is 0 Å². The van der Waals surface area contributed by atoms with E-state index >= 15 is 0 Å². The van der Waals surface area contributed by atoms with Crippen molar-refractivity contribution < 1.29 is 4.52 Å². The molecule has 0 aliphatic rings. The van der Waals surface area contributed by atoms with Gasteiger partial charge in [-0.25, -0.2) is 0 Å². The highest BCUT2D eigenvalue weighted by atomic mass is 32.1. The minimum atomic E-state index is 0.265. The molecule has 0 atom stereocenters. The minimum absolute atomic E-state index is 0.265. The molecule has 0 unspecified atom stereocenters. The molecule has 0 N–H and O–H groups in total. The fourth-order valence-electron chi connectivity index (χ4n) is 1.94. The topological polar surface area (TPSA) is 99.4 Å². The summed E-state index contributed by atoms with van der Waals surface area (Å²) >= 11 is 4.90. The van der Waals surface area contributed by atoms with Crippen LogP contribution >= 0.6 is 12.2 Å². The third kappa shape index (κ3) is 2.95. The molecule has 7 heteroatoms. The molecule has 3 aromatic rings. The van der Waals surface area contributed by atoms with E-state index < -0.39 is 0 Å². The summed E-state index contributed by atoms with van der Waals surface area (Å²) in [4.78, 5) is 8.39. The summed E-state index contributed by atoms with van der Waals surface area (Å²) in [6, 6.07) is 12.4. The number of rotatable bonds is 3. The first-order chi connectivity index (χ1) is 11.2. The fourth-order valence-corrected chi connectivity index (χ4v) is 2.08. The number of aromatic nitrogens is 3. The van der Waals surface area contributed by atoms with E-state index in [0.29, 0.717) is 33.8 Å². The molecule has 0 saturated carbocycles. The average Bonchev–Trinajstić information content (AvgIpc) is 3.11. The Bertz CT molecular complexity index is 963. The standard InChI is InChI=1S/C16H7N5OS/c17-6-10-1-2-14(19-8-10)15-20-16(22-21-15)13-4-11(7-18)3-12(5-13)9-23/h1-5,8-9H. The average molecular weight is 317 g/mol. The molecular formula is C16H7N5OS. The Balaban J connectivity index is 2.00. The van der Waals surface area contributed by atoms with Crippen LogP contribution in [0.4, 0.5) is 0 Å². The number of pyridine rings is 1. The molecule has 0 aliphatic carbocycles. The lowest BCUT2D eigenvalue weighted by atomic mass is 10.1. The first-order valence-electron chi connectivity index (χ1n) is 6.44. The van der Waals surface area contributed by atoms with Crippen molar-refractivity contribution in [3.63, 3.8) is 0 Å². The summed E-state index contributed by atoms with van der Waals surface area (Å²) in [6.45, 7) is 0. The maximum Gasteiger partial charge on any atom is 0.258 e. The van der Waals surface area contributed by atoms with Crippen molar-refractivity contribution in [2.75, 3.05) is 0 Å². The number of hydrogen-bond donors (Lipinski definition) is 0. The monoisotopic (exact) mass is 317 g/mol. The zero-order valence-corrected chi connectivity index (χ0v) is 12.4. The van der Waals surface area contributed by atoms with Gasteiger partial charge in [0.1, 0.15) is 11.8 Å². The van der Waals surface area contributed by atoms with Crippen LogP contribution in [0.2, 0.25) is 0 Å². The normalized spacial score (nSPS) is 9.83. The molecule has 3 rings (SSSR count). The molecule has 0 aliphatic heterocycles. The van der Waals surface area contributed by atoms with Gasteiger partial charge >= 0.3 is 0 Å². The van der Waals surface area contributed by atoms with Gasteiger partial charge < -0.3 is 4.52 Å². The van der Waals surface area contributed by atoms with E-state index in [4.69, 9.17) is 27.3 Å². The lowest BCUT2D eigenvalue weighted by Gasteiger charge is -1.98. The molecule has 0 spiro atoms. The molecule has 0 radical (unpaired) electrons. The van der Waals surface area contributed by atoms with Crippen LogP contribution in [0.5, 0.6) is 0 Å². The second-order valence-electron chi connectivity index (χ2n) is 4.54. The molecule has 0 bridgehead atoms. The van der Waals surface area contributed by atoms with Crippen molar-refractivity contribution in [2.24, 2.45) is 0 Å². The highest BCUT2D eigenvalue weighted by molar-refractivity contribution is 7.79. The summed E-state index contributed by atoms with van der Waals surface area (Å²) in [7, 11) is 0. The zero-order valence-electron chi connectivity index (χ0n) is 11.6. The van der Waals surface area contributed by atoms with Crippen molar-refractivity contribution in [3.05, 3.63) is 53.2 Å². The second-order valence-corrected chi connectivity index (χ2v) is 4.78. The largest absolute Gasteiger partial charge is 0.334 e. The van der Waals surface area contributed by atoms with Crippen molar-refractivity contribution >= 4 is 17.6 Å². The van der Waals surface area contributed by atoms with Gasteiger partial charge in [0.05, 0.1) is 17.2 Å². The Morgan fingerprint density at radius 1 is 1.09 bits per heavy atom. The number of thiocarbonyl (C=S) groups is 1. The van der Waals surface area contributed by atoms with Crippen LogP contribution in [0.1, 0.15) is 16.7 Å². The summed E-state index contributed by atoms with van der Waals surface area (Å²) in [6.07, 6.45) is 1.44. The predicted octanol–water partition coefficient (Wildman–Crippen LogP) is 2.89. The molecule has 2 aromatic heterocycles. The third-order valence-electron chi connectivity index (χ3n) is 3.02. The Labute approximate surface area is 136 Å². The van der Waals surface area contributed by atoms with Crippen LogP contribution in [0.25, 0.3) is 23.0 Å². The summed E-state index contributed by atoms with van der Waals surface area (Å²) in [5.41, 5.74) is 2.71. The lowest BCUT2D eigenvalue weighted by molar-refractivity contribution is 0.432. The molecule has 0 fully saturated rings. The van der Waals surface area contributed by atoms with Gasteiger partial charge in [0.25, 0.3) is 5.89 Å². The van der Waals surface area contributed by atoms with Gasteiger partial charge in [0, 0.05) is 17.1 Å². The molecule has 0 saturated heterocycles. The fraction of sp³-hybridized carbons (Fsp3) is 0. The second kappa shape index (κ2) is 6.14. The first-order valence-corrected chi connectivity index (χ1v) is 6.91. The van der Waals surface area contributed by atoms with Gasteiger partial charge in [-0.2, -0.15) is 15.5 Å². The van der Waals surface area contributed by atoms with Crippen molar-refractivity contribution in [3.8, 4) is 35.1 Å². The first kappa shape index (κ1) is 14.5. The number of nitrogens with zero attached hydrogens (tertiary/aromatic N) is 5. The summed E-state index contributed by atoms with van der Waals surface area (Å²) in [5, 5.41) is 23.2. The van der Waals surface area contributed by atoms with Crippen LogP contribution in [-0.4, -0.2) is 20.5 Å². The number of benzene rings is 1. The Morgan fingerprint density at radius 3 is 2.57 bits per heavy atom. The van der Waals surface area contributed by atoms with Gasteiger partial charge in [-0.3, -0.25) is 4.98 Å². The van der Waals surface area contributed by atoms with Gasteiger partial charge in [0.15, 0.2) is 0 Å². The molecule has 0 amide bonds. The summed E-state index contributed by atoms with van der Waals surface area (Å²) < 4.78 is 5.24. The molecular weight excluding hydrogens is 310 g/mol. The van der Waals surface area contributed by atoms with Gasteiger partial charge in [-0.05, 0) is 35.9 Å². The third-order valence-corrected chi connectivity index (χ3v) is 3.29. The predicted molar refractivity (Wildman–Crippen MR) is 85.2 cm³/mol. The SMILES string of the molecule is N#Cc1ccc(-c2noc(-c3cc(C#N)cc(C=S)c3)n2)nc1. The van der Waals surface area contributed by atoms with E-state index in [-0.39, 0.29) is 5.89 Å². The van der Waals surface area contributed by atoms with Gasteiger partial charge in [-0.1, -0.05) is 17.4 Å². The highest BCUT2D eigenvalue weighted by Gasteiger charge is 2.13. The van der Waals surface area contributed by atoms with Crippen molar-refractivity contribution in [2.45, 2.75) is 0 Å². The minimum Gasteiger partial charge on any atom is -0.334 e. The van der Waals surface area contributed by atoms with Crippen LogP contribution in [0.15, 0.2) is 41.1 Å². The molecule has 6 nitrogen and oxygen atoms in total. The van der Waals surface area contributed by atoms with E-state index in [1.807, 2.05) is 6.07 Å². The lowest BCUT2D eigenvalue weighted by Crippen LogP contribution is -1.88. The van der Waals surface area contributed by atoms with Crippen molar-refractivity contribution in [1.82, 2.24) is 15.1 Å². The smallest absolute Gasteiger partial charge is 0.258 e. The van der Waals surface area contributed by atoms with Gasteiger partial charge in [0.2, 0.25) is 5.82 Å². The maximum absolute atomic E-state index is 9.06. The molecule has 108 valence electrons. The Kier molecular flexibility index (Phi) is 3.88. The van der Waals surface area contributed by atoms with Crippen LogP contribution < -0.4 is 0 Å². The van der Waals surface area contributed by atoms with Crippen molar-refractivity contribution in [1.29, 1.82) is 10.5 Å². The zero-order chi connectivity index (χ0) is 16.2. The maximum atomic E-state index is 9.06. The Hall–Kier alpha value is -3.42. The molecule has 23 heavy (non-hydrogen) atoms.